The van der Waals surface area contributed by atoms with Gasteiger partial charge in [-0.1, -0.05) is 61.7 Å². The van der Waals surface area contributed by atoms with E-state index in [1.165, 1.54) is 20.3 Å². The minimum Gasteiger partial charge on any atom is -0.0835 e. The number of benzene rings is 2. The molecule has 3 heteroatoms. The predicted octanol–water partition coefficient (Wildman–Crippen LogP) is 6.04. The van der Waals surface area contributed by atoms with Crippen molar-refractivity contribution < 1.29 is 0 Å². The van der Waals surface area contributed by atoms with Crippen LogP contribution in [0.2, 0.25) is 0 Å². The zero-order chi connectivity index (χ0) is 13.1. The van der Waals surface area contributed by atoms with Gasteiger partial charge in [0.25, 0.3) is 0 Å². The van der Waals surface area contributed by atoms with Crippen LogP contribution in [0.3, 0.4) is 0 Å². The highest BCUT2D eigenvalue weighted by atomic mass is 127. The molecule has 0 radical (unpaired) electrons. The van der Waals surface area contributed by atoms with Crippen LogP contribution >= 0.6 is 54.5 Å². The molecule has 0 nitrogen and oxygen atoms in total. The standard InChI is InChI=1S/C15H13Br2I/c1-10-3-2-4-11(7-10)8-15(17)13-9-12(18)5-6-14(13)16/h2-7,9,15H,8H2,1H3. The van der Waals surface area contributed by atoms with E-state index in [-0.39, 0.29) is 0 Å². The third kappa shape index (κ3) is 3.81. The molecule has 1 unspecified atom stereocenters. The van der Waals surface area contributed by atoms with Gasteiger partial charge in [-0.15, -0.1) is 0 Å². The van der Waals surface area contributed by atoms with Gasteiger partial charge in [-0.05, 0) is 65.3 Å². The number of aryl methyl sites for hydroxylation is 1. The number of hydrogen-bond acceptors (Lipinski definition) is 0. The van der Waals surface area contributed by atoms with Gasteiger partial charge < -0.3 is 0 Å². The third-order valence-corrected chi connectivity index (χ3v) is 5.00. The second kappa shape index (κ2) is 6.53. The maximum Gasteiger partial charge on any atom is 0.0447 e. The van der Waals surface area contributed by atoms with Crippen LogP contribution in [0.25, 0.3) is 0 Å². The van der Waals surface area contributed by atoms with Gasteiger partial charge >= 0.3 is 0 Å². The molecule has 0 bridgehead atoms. The van der Waals surface area contributed by atoms with Crippen molar-refractivity contribution in [3.8, 4) is 0 Å². The number of rotatable bonds is 3. The lowest BCUT2D eigenvalue weighted by molar-refractivity contribution is 0.940. The summed E-state index contributed by atoms with van der Waals surface area (Å²) in [5, 5.41) is 0. The summed E-state index contributed by atoms with van der Waals surface area (Å²) in [6.45, 7) is 2.13. The molecule has 0 saturated heterocycles. The van der Waals surface area contributed by atoms with Crippen LogP contribution < -0.4 is 0 Å². The fraction of sp³-hybridized carbons (Fsp3) is 0.200. The molecule has 2 rings (SSSR count). The summed E-state index contributed by atoms with van der Waals surface area (Å²) in [5.74, 6) is 0. The maximum atomic E-state index is 3.80. The first kappa shape index (κ1) is 14.5. The largest absolute Gasteiger partial charge is 0.0835 e. The summed E-state index contributed by atoms with van der Waals surface area (Å²) in [5.41, 5.74) is 3.99. The van der Waals surface area contributed by atoms with Gasteiger partial charge in [0, 0.05) is 12.9 Å². The monoisotopic (exact) mass is 478 g/mol. The van der Waals surface area contributed by atoms with E-state index in [9.17, 15) is 0 Å². The van der Waals surface area contributed by atoms with Gasteiger partial charge in [0.05, 0.1) is 0 Å². The predicted molar refractivity (Wildman–Crippen MR) is 93.4 cm³/mol. The van der Waals surface area contributed by atoms with E-state index in [4.69, 9.17) is 0 Å². The summed E-state index contributed by atoms with van der Waals surface area (Å²) < 4.78 is 2.43. The molecule has 0 N–H and O–H groups in total. The molecular weight excluding hydrogens is 467 g/mol. The van der Waals surface area contributed by atoms with Crippen LogP contribution in [0.15, 0.2) is 46.9 Å². The van der Waals surface area contributed by atoms with Crippen LogP contribution in [0.5, 0.6) is 0 Å². The zero-order valence-corrected chi connectivity index (χ0v) is 15.3. The first-order valence-electron chi connectivity index (χ1n) is 5.71. The van der Waals surface area contributed by atoms with Crippen LogP contribution in [-0.2, 0) is 6.42 Å². The van der Waals surface area contributed by atoms with Crippen LogP contribution in [0.4, 0.5) is 0 Å². The normalized spacial score (nSPS) is 12.4. The van der Waals surface area contributed by atoms with Crippen LogP contribution in [0.1, 0.15) is 21.5 Å². The van der Waals surface area contributed by atoms with Crippen molar-refractivity contribution in [2.75, 3.05) is 0 Å². The first-order valence-corrected chi connectivity index (χ1v) is 8.49. The lowest BCUT2D eigenvalue weighted by atomic mass is 10.0. The quantitative estimate of drug-likeness (QED) is 0.372. The Labute approximate surface area is 139 Å². The number of alkyl halides is 1. The van der Waals surface area contributed by atoms with Crippen molar-refractivity contribution in [3.05, 3.63) is 67.2 Å². The molecular formula is C15H13Br2I. The minimum absolute atomic E-state index is 0.336. The van der Waals surface area contributed by atoms with Crippen molar-refractivity contribution in [3.63, 3.8) is 0 Å². The SMILES string of the molecule is Cc1cccc(CC(Br)c2cc(I)ccc2Br)c1. The average molecular weight is 480 g/mol. The highest BCUT2D eigenvalue weighted by Crippen LogP contribution is 2.33. The molecule has 0 spiro atoms. The molecule has 0 saturated carbocycles. The molecule has 94 valence electrons. The Hall–Kier alpha value is 0.130. The zero-order valence-electron chi connectivity index (χ0n) is 9.96. The lowest BCUT2D eigenvalue weighted by Crippen LogP contribution is -1.97. The Morgan fingerprint density at radius 3 is 2.67 bits per heavy atom. The van der Waals surface area contributed by atoms with Crippen molar-refractivity contribution >= 4 is 54.5 Å². The molecule has 1 atom stereocenters. The van der Waals surface area contributed by atoms with Crippen LogP contribution in [0, 0.1) is 10.5 Å². The van der Waals surface area contributed by atoms with Gasteiger partial charge in [0.2, 0.25) is 0 Å². The van der Waals surface area contributed by atoms with E-state index < -0.39 is 0 Å². The highest BCUT2D eigenvalue weighted by molar-refractivity contribution is 14.1. The summed E-state index contributed by atoms with van der Waals surface area (Å²) in [6.07, 6.45) is 1.00. The van der Waals surface area contributed by atoms with Gasteiger partial charge in [-0.2, -0.15) is 0 Å². The van der Waals surface area contributed by atoms with Crippen molar-refractivity contribution in [1.82, 2.24) is 0 Å². The fourth-order valence-electron chi connectivity index (χ4n) is 1.91. The molecule has 0 fully saturated rings. The van der Waals surface area contributed by atoms with Gasteiger partial charge in [-0.3, -0.25) is 0 Å². The van der Waals surface area contributed by atoms with E-state index in [2.05, 4.69) is 104 Å². The average Bonchev–Trinajstić information content (AvgIpc) is 2.32. The summed E-state index contributed by atoms with van der Waals surface area (Å²) in [4.78, 5) is 0.336. The van der Waals surface area contributed by atoms with E-state index in [1.807, 2.05) is 0 Å². The molecule has 2 aromatic rings. The molecule has 0 aliphatic carbocycles. The Balaban J connectivity index is 2.21. The maximum absolute atomic E-state index is 3.80. The molecule has 2 aromatic carbocycles. The second-order valence-corrected chi connectivity index (χ2v) is 7.53. The molecule has 0 heterocycles. The Morgan fingerprint density at radius 1 is 1.17 bits per heavy atom. The fourth-order valence-corrected chi connectivity index (χ4v) is 4.01. The third-order valence-electron chi connectivity index (χ3n) is 2.79. The Morgan fingerprint density at radius 2 is 1.94 bits per heavy atom. The topological polar surface area (TPSA) is 0 Å². The second-order valence-electron chi connectivity index (χ2n) is 4.33. The highest BCUT2D eigenvalue weighted by Gasteiger charge is 2.12. The van der Waals surface area contributed by atoms with E-state index in [1.54, 1.807) is 0 Å². The van der Waals surface area contributed by atoms with Crippen molar-refractivity contribution in [2.24, 2.45) is 0 Å². The van der Waals surface area contributed by atoms with Crippen LogP contribution in [-0.4, -0.2) is 0 Å². The molecule has 18 heavy (non-hydrogen) atoms. The smallest absolute Gasteiger partial charge is 0.0447 e. The molecule has 0 aliphatic heterocycles. The lowest BCUT2D eigenvalue weighted by Gasteiger charge is -2.13. The molecule has 0 aliphatic rings. The first-order chi connectivity index (χ1) is 8.56. The van der Waals surface area contributed by atoms with Crippen molar-refractivity contribution in [2.45, 2.75) is 18.2 Å². The minimum atomic E-state index is 0.336. The molecule has 0 amide bonds. The Bertz CT molecular complexity index is 552. The van der Waals surface area contributed by atoms with Crippen molar-refractivity contribution in [1.29, 1.82) is 0 Å². The van der Waals surface area contributed by atoms with E-state index in [0.717, 1.165) is 10.9 Å². The Kier molecular flexibility index (Phi) is 5.27. The summed E-state index contributed by atoms with van der Waals surface area (Å²) in [7, 11) is 0. The molecule has 0 aromatic heterocycles. The number of hydrogen-bond donors (Lipinski definition) is 0. The van der Waals surface area contributed by atoms with E-state index in [0.29, 0.717) is 4.83 Å². The van der Waals surface area contributed by atoms with Gasteiger partial charge in [0.1, 0.15) is 0 Å². The van der Waals surface area contributed by atoms with Gasteiger partial charge in [0.15, 0.2) is 0 Å². The number of halogens is 3. The summed E-state index contributed by atoms with van der Waals surface area (Å²) >= 11 is 9.77. The van der Waals surface area contributed by atoms with Gasteiger partial charge in [-0.25, -0.2) is 0 Å². The summed E-state index contributed by atoms with van der Waals surface area (Å²) in [6, 6.07) is 15.1. The van der Waals surface area contributed by atoms with E-state index >= 15 is 0 Å².